The predicted molar refractivity (Wildman–Crippen MR) is 83.2 cm³/mol. The summed E-state index contributed by atoms with van der Waals surface area (Å²) < 4.78 is 0. The molecule has 2 unspecified atom stereocenters. The second kappa shape index (κ2) is 5.52. The number of urea groups is 1. The van der Waals surface area contributed by atoms with Crippen molar-refractivity contribution in [3.63, 3.8) is 0 Å². The van der Waals surface area contributed by atoms with Crippen LogP contribution in [-0.2, 0) is 4.79 Å². The number of nitrogens with one attached hydrogen (secondary N) is 1. The molecule has 0 aromatic heterocycles. The second-order valence-electron chi connectivity index (χ2n) is 8.04. The quantitative estimate of drug-likeness (QED) is 0.770. The SMILES string of the molecule is CC1CC(C)CC2(C1)NC(=O)N(CC1(O)CCCCC1)C2=O. The minimum Gasteiger partial charge on any atom is -0.388 e. The van der Waals surface area contributed by atoms with E-state index in [4.69, 9.17) is 0 Å². The zero-order valence-corrected chi connectivity index (χ0v) is 13.7. The molecule has 1 aliphatic heterocycles. The Balaban J connectivity index is 1.76. The highest BCUT2D eigenvalue weighted by molar-refractivity contribution is 6.07. The van der Waals surface area contributed by atoms with Gasteiger partial charge in [0.2, 0.25) is 0 Å². The number of amides is 3. The van der Waals surface area contributed by atoms with Gasteiger partial charge in [0.1, 0.15) is 5.54 Å². The van der Waals surface area contributed by atoms with Crippen LogP contribution in [0.1, 0.15) is 65.2 Å². The average molecular weight is 308 g/mol. The van der Waals surface area contributed by atoms with Gasteiger partial charge < -0.3 is 10.4 Å². The van der Waals surface area contributed by atoms with Crippen LogP contribution >= 0.6 is 0 Å². The molecule has 3 amide bonds. The molecule has 2 atom stereocenters. The molecule has 2 saturated carbocycles. The molecular formula is C17H28N2O3. The maximum Gasteiger partial charge on any atom is 0.325 e. The van der Waals surface area contributed by atoms with Gasteiger partial charge in [0.25, 0.3) is 5.91 Å². The number of β-amino-alcohol motifs (C(OH)–C–C–N with tert-alkyl or cyclic N) is 1. The van der Waals surface area contributed by atoms with Crippen molar-refractivity contribution >= 4 is 11.9 Å². The Hall–Kier alpha value is -1.10. The van der Waals surface area contributed by atoms with Gasteiger partial charge in [-0.25, -0.2) is 4.79 Å². The van der Waals surface area contributed by atoms with Gasteiger partial charge in [-0.05, 0) is 43.9 Å². The van der Waals surface area contributed by atoms with Crippen LogP contribution in [0.3, 0.4) is 0 Å². The maximum atomic E-state index is 12.9. The fraction of sp³-hybridized carbons (Fsp3) is 0.882. The third-order valence-electron chi connectivity index (χ3n) is 5.68. The number of aliphatic hydroxyl groups is 1. The molecule has 124 valence electrons. The summed E-state index contributed by atoms with van der Waals surface area (Å²) in [5, 5.41) is 13.6. The molecule has 1 heterocycles. The molecule has 0 aromatic carbocycles. The molecule has 2 aliphatic carbocycles. The lowest BCUT2D eigenvalue weighted by atomic mass is 9.71. The average Bonchev–Trinajstić information content (AvgIpc) is 2.62. The number of carbonyl (C=O) groups is 2. The largest absolute Gasteiger partial charge is 0.388 e. The summed E-state index contributed by atoms with van der Waals surface area (Å²) in [7, 11) is 0. The van der Waals surface area contributed by atoms with E-state index in [-0.39, 0.29) is 18.5 Å². The topological polar surface area (TPSA) is 69.6 Å². The van der Waals surface area contributed by atoms with Crippen LogP contribution in [0.5, 0.6) is 0 Å². The Kier molecular flexibility index (Phi) is 3.96. The molecule has 0 radical (unpaired) electrons. The lowest BCUT2D eigenvalue weighted by Gasteiger charge is -2.38. The van der Waals surface area contributed by atoms with E-state index in [9.17, 15) is 14.7 Å². The van der Waals surface area contributed by atoms with Crippen molar-refractivity contribution in [2.75, 3.05) is 6.54 Å². The third-order valence-corrected chi connectivity index (χ3v) is 5.68. The fourth-order valence-corrected chi connectivity index (χ4v) is 4.89. The zero-order chi connectivity index (χ0) is 16.0. The molecule has 2 N–H and O–H groups in total. The number of carbonyl (C=O) groups excluding carboxylic acids is 2. The van der Waals surface area contributed by atoms with Crippen LogP contribution in [0.4, 0.5) is 4.79 Å². The fourth-order valence-electron chi connectivity index (χ4n) is 4.89. The molecule has 5 nitrogen and oxygen atoms in total. The summed E-state index contributed by atoms with van der Waals surface area (Å²) in [5.74, 6) is 0.756. The van der Waals surface area contributed by atoms with E-state index < -0.39 is 11.1 Å². The summed E-state index contributed by atoms with van der Waals surface area (Å²) >= 11 is 0. The predicted octanol–water partition coefficient (Wildman–Crippen LogP) is 2.43. The smallest absolute Gasteiger partial charge is 0.325 e. The third kappa shape index (κ3) is 2.75. The minimum atomic E-state index is -0.886. The number of hydrogen-bond donors (Lipinski definition) is 2. The van der Waals surface area contributed by atoms with Crippen LogP contribution in [0.2, 0.25) is 0 Å². The Morgan fingerprint density at radius 3 is 2.32 bits per heavy atom. The Morgan fingerprint density at radius 2 is 1.73 bits per heavy atom. The van der Waals surface area contributed by atoms with E-state index in [2.05, 4.69) is 19.2 Å². The number of rotatable bonds is 2. The van der Waals surface area contributed by atoms with Gasteiger partial charge in [-0.15, -0.1) is 0 Å². The van der Waals surface area contributed by atoms with Crippen LogP contribution in [-0.4, -0.2) is 39.6 Å². The Morgan fingerprint density at radius 1 is 1.14 bits per heavy atom. The van der Waals surface area contributed by atoms with Crippen LogP contribution in [0.15, 0.2) is 0 Å². The molecule has 3 fully saturated rings. The van der Waals surface area contributed by atoms with Crippen molar-refractivity contribution in [2.24, 2.45) is 11.8 Å². The molecule has 0 aromatic rings. The van der Waals surface area contributed by atoms with Crippen LogP contribution in [0, 0.1) is 11.8 Å². The highest BCUT2D eigenvalue weighted by Crippen LogP contribution is 2.40. The van der Waals surface area contributed by atoms with Gasteiger partial charge in [0, 0.05) is 0 Å². The van der Waals surface area contributed by atoms with Crippen molar-refractivity contribution in [3.05, 3.63) is 0 Å². The molecule has 22 heavy (non-hydrogen) atoms. The molecule has 3 rings (SSSR count). The highest BCUT2D eigenvalue weighted by Gasteiger charge is 2.55. The lowest BCUT2D eigenvalue weighted by molar-refractivity contribution is -0.136. The first-order valence-corrected chi connectivity index (χ1v) is 8.70. The van der Waals surface area contributed by atoms with E-state index in [1.54, 1.807) is 0 Å². The number of hydrogen-bond acceptors (Lipinski definition) is 3. The molecule has 3 aliphatic rings. The summed E-state index contributed by atoms with van der Waals surface area (Å²) in [5.41, 5.74) is -1.61. The standard InChI is InChI=1S/C17H28N2O3/c1-12-8-13(2)10-17(9-12)14(20)19(15(21)18-17)11-16(22)6-4-3-5-7-16/h12-13,22H,3-11H2,1-2H3,(H,18,21). The van der Waals surface area contributed by atoms with E-state index in [0.29, 0.717) is 24.7 Å². The normalized spacial score (nSPS) is 38.4. The Bertz CT molecular complexity index is 461. The van der Waals surface area contributed by atoms with E-state index >= 15 is 0 Å². The van der Waals surface area contributed by atoms with E-state index in [1.165, 1.54) is 4.90 Å². The first-order chi connectivity index (χ1) is 10.3. The van der Waals surface area contributed by atoms with E-state index in [0.717, 1.165) is 38.5 Å². The minimum absolute atomic E-state index is 0.116. The summed E-state index contributed by atoms with van der Waals surface area (Å²) in [6.07, 6.45) is 6.98. The lowest BCUT2D eigenvalue weighted by Crippen LogP contribution is -2.53. The summed E-state index contributed by atoms with van der Waals surface area (Å²) in [4.78, 5) is 26.6. The molecule has 0 bridgehead atoms. The van der Waals surface area contributed by atoms with Crippen molar-refractivity contribution in [2.45, 2.75) is 76.4 Å². The van der Waals surface area contributed by atoms with Crippen LogP contribution in [0.25, 0.3) is 0 Å². The molecule has 5 heteroatoms. The Labute approximate surface area is 132 Å². The van der Waals surface area contributed by atoms with Gasteiger partial charge in [-0.1, -0.05) is 33.1 Å². The monoisotopic (exact) mass is 308 g/mol. The van der Waals surface area contributed by atoms with Gasteiger partial charge in [-0.3, -0.25) is 9.69 Å². The molecule has 1 saturated heterocycles. The van der Waals surface area contributed by atoms with E-state index in [1.807, 2.05) is 0 Å². The molecular weight excluding hydrogens is 280 g/mol. The number of imide groups is 1. The zero-order valence-electron chi connectivity index (χ0n) is 13.7. The van der Waals surface area contributed by atoms with Crippen molar-refractivity contribution < 1.29 is 14.7 Å². The van der Waals surface area contributed by atoms with Crippen molar-refractivity contribution in [1.82, 2.24) is 10.2 Å². The first kappa shape index (κ1) is 15.8. The van der Waals surface area contributed by atoms with Crippen LogP contribution < -0.4 is 5.32 Å². The highest BCUT2D eigenvalue weighted by atomic mass is 16.3. The van der Waals surface area contributed by atoms with Gasteiger partial charge >= 0.3 is 6.03 Å². The second-order valence-corrected chi connectivity index (χ2v) is 8.04. The number of nitrogens with zero attached hydrogens (tertiary/aromatic N) is 1. The maximum absolute atomic E-state index is 12.9. The first-order valence-electron chi connectivity index (χ1n) is 8.70. The summed E-state index contributed by atoms with van der Waals surface area (Å²) in [6, 6.07) is -0.315. The van der Waals surface area contributed by atoms with Crippen molar-refractivity contribution in [3.8, 4) is 0 Å². The van der Waals surface area contributed by atoms with Gasteiger partial charge in [-0.2, -0.15) is 0 Å². The summed E-state index contributed by atoms with van der Waals surface area (Å²) in [6.45, 7) is 4.45. The molecule has 1 spiro atoms. The van der Waals surface area contributed by atoms with Gasteiger partial charge in [0.15, 0.2) is 0 Å². The van der Waals surface area contributed by atoms with Gasteiger partial charge in [0.05, 0.1) is 12.1 Å². The van der Waals surface area contributed by atoms with Crippen molar-refractivity contribution in [1.29, 1.82) is 0 Å².